The zero-order valence-corrected chi connectivity index (χ0v) is 13.4. The highest BCUT2D eigenvalue weighted by atomic mass is 16.5. The molecule has 2 heteroatoms. The molecule has 0 aliphatic heterocycles. The van der Waals surface area contributed by atoms with E-state index < -0.39 is 0 Å². The molecule has 0 saturated carbocycles. The second-order valence-electron chi connectivity index (χ2n) is 5.46. The van der Waals surface area contributed by atoms with E-state index in [9.17, 15) is 0 Å². The van der Waals surface area contributed by atoms with Gasteiger partial charge in [-0.1, -0.05) is 37.3 Å². The maximum Gasteiger partial charge on any atom is 0.119 e. The molecule has 0 aliphatic rings. The summed E-state index contributed by atoms with van der Waals surface area (Å²) in [6.07, 6.45) is 1.000. The van der Waals surface area contributed by atoms with E-state index in [1.165, 1.54) is 22.3 Å². The Balaban J connectivity index is 2.30. The second kappa shape index (κ2) is 7.28. The molecule has 2 nitrogen and oxygen atoms in total. The topological polar surface area (TPSA) is 21.3 Å². The van der Waals surface area contributed by atoms with Gasteiger partial charge in [0.15, 0.2) is 0 Å². The molecule has 1 unspecified atom stereocenters. The van der Waals surface area contributed by atoms with Gasteiger partial charge < -0.3 is 10.1 Å². The van der Waals surface area contributed by atoms with E-state index in [2.05, 4.69) is 62.5 Å². The molecule has 0 radical (unpaired) electrons. The van der Waals surface area contributed by atoms with E-state index in [0.717, 1.165) is 18.7 Å². The lowest BCUT2D eigenvalue weighted by molar-refractivity contribution is 0.413. The quantitative estimate of drug-likeness (QED) is 0.857. The van der Waals surface area contributed by atoms with Crippen molar-refractivity contribution in [2.75, 3.05) is 13.7 Å². The number of benzene rings is 2. The van der Waals surface area contributed by atoms with Crippen LogP contribution in [0.5, 0.6) is 5.75 Å². The average molecular weight is 283 g/mol. The minimum absolute atomic E-state index is 0.310. The first-order valence-electron chi connectivity index (χ1n) is 7.58. The van der Waals surface area contributed by atoms with Crippen molar-refractivity contribution >= 4 is 0 Å². The third-order valence-corrected chi connectivity index (χ3v) is 4.00. The molecule has 0 fully saturated rings. The van der Waals surface area contributed by atoms with E-state index in [-0.39, 0.29) is 0 Å². The molecule has 0 aliphatic carbocycles. The summed E-state index contributed by atoms with van der Waals surface area (Å²) < 4.78 is 5.35. The molecular formula is C19H25NO. The lowest BCUT2D eigenvalue weighted by Crippen LogP contribution is -2.23. The molecule has 1 N–H and O–H groups in total. The molecule has 0 amide bonds. The van der Waals surface area contributed by atoms with Crippen molar-refractivity contribution in [1.29, 1.82) is 0 Å². The van der Waals surface area contributed by atoms with Crippen molar-refractivity contribution in [2.24, 2.45) is 0 Å². The van der Waals surface area contributed by atoms with Crippen LogP contribution in [0.4, 0.5) is 0 Å². The summed E-state index contributed by atoms with van der Waals surface area (Å²) in [5.74, 6) is 0.914. The molecule has 2 rings (SSSR count). The van der Waals surface area contributed by atoms with Gasteiger partial charge in [-0.3, -0.25) is 0 Å². The number of aryl methyl sites for hydroxylation is 2. The van der Waals surface area contributed by atoms with Crippen LogP contribution < -0.4 is 10.1 Å². The van der Waals surface area contributed by atoms with Crippen molar-refractivity contribution in [2.45, 2.75) is 33.2 Å². The largest absolute Gasteiger partial charge is 0.497 e. The molecule has 0 saturated heterocycles. The van der Waals surface area contributed by atoms with Crippen LogP contribution in [0.15, 0.2) is 42.5 Å². The Morgan fingerprint density at radius 1 is 1.05 bits per heavy atom. The van der Waals surface area contributed by atoms with Crippen LogP contribution in [0.25, 0.3) is 0 Å². The first kappa shape index (κ1) is 15.6. The third kappa shape index (κ3) is 3.85. The Morgan fingerprint density at radius 3 is 2.33 bits per heavy atom. The number of hydrogen-bond donors (Lipinski definition) is 1. The van der Waals surface area contributed by atoms with Crippen molar-refractivity contribution < 1.29 is 4.74 Å². The first-order valence-corrected chi connectivity index (χ1v) is 7.58. The molecular weight excluding hydrogens is 258 g/mol. The first-order chi connectivity index (χ1) is 10.2. The molecule has 0 bridgehead atoms. The van der Waals surface area contributed by atoms with Crippen LogP contribution in [-0.4, -0.2) is 13.7 Å². The van der Waals surface area contributed by atoms with Crippen LogP contribution in [0.2, 0.25) is 0 Å². The van der Waals surface area contributed by atoms with Gasteiger partial charge in [-0.05, 0) is 61.2 Å². The van der Waals surface area contributed by atoms with Crippen molar-refractivity contribution in [3.05, 3.63) is 64.7 Å². The summed E-state index contributed by atoms with van der Waals surface area (Å²) in [5, 5.41) is 3.60. The minimum Gasteiger partial charge on any atom is -0.497 e. The SMILES string of the molecule is CCNC(Cc1c(C)cccc1C)c1cccc(OC)c1. The standard InChI is InChI=1S/C19H25NO/c1-5-20-19(16-10-7-11-17(12-16)21-4)13-18-14(2)8-6-9-15(18)3/h6-12,19-20H,5,13H2,1-4H3. The Morgan fingerprint density at radius 2 is 1.71 bits per heavy atom. The molecule has 112 valence electrons. The fraction of sp³-hybridized carbons (Fsp3) is 0.368. The third-order valence-electron chi connectivity index (χ3n) is 4.00. The fourth-order valence-corrected chi connectivity index (χ4v) is 2.79. The number of methoxy groups -OCH3 is 1. The van der Waals surface area contributed by atoms with Crippen molar-refractivity contribution in [3.63, 3.8) is 0 Å². The summed E-state index contributed by atoms with van der Waals surface area (Å²) in [6, 6.07) is 15.2. The summed E-state index contributed by atoms with van der Waals surface area (Å²) >= 11 is 0. The van der Waals surface area contributed by atoms with Gasteiger partial charge in [0.05, 0.1) is 7.11 Å². The van der Waals surface area contributed by atoms with Gasteiger partial charge in [0.1, 0.15) is 5.75 Å². The molecule has 1 atom stereocenters. The number of ether oxygens (including phenoxy) is 1. The Bertz CT molecular complexity index is 572. The molecule has 21 heavy (non-hydrogen) atoms. The van der Waals surface area contributed by atoms with Crippen LogP contribution in [0, 0.1) is 13.8 Å². The molecule has 0 heterocycles. The minimum atomic E-state index is 0.310. The van der Waals surface area contributed by atoms with Gasteiger partial charge in [0, 0.05) is 6.04 Å². The maximum atomic E-state index is 5.35. The van der Waals surface area contributed by atoms with Crippen molar-refractivity contribution in [3.8, 4) is 5.75 Å². The Kier molecular flexibility index (Phi) is 5.40. The predicted octanol–water partition coefficient (Wildman–Crippen LogP) is 4.21. The number of rotatable bonds is 6. The van der Waals surface area contributed by atoms with E-state index in [0.29, 0.717) is 6.04 Å². The average Bonchev–Trinajstić information content (AvgIpc) is 2.50. The highest BCUT2D eigenvalue weighted by molar-refractivity contribution is 5.37. The van der Waals surface area contributed by atoms with Gasteiger partial charge in [0.25, 0.3) is 0 Å². The van der Waals surface area contributed by atoms with Crippen LogP contribution in [0.3, 0.4) is 0 Å². The number of nitrogens with one attached hydrogen (secondary N) is 1. The summed E-state index contributed by atoms with van der Waals surface area (Å²) in [4.78, 5) is 0. The zero-order valence-electron chi connectivity index (χ0n) is 13.4. The molecule has 0 spiro atoms. The second-order valence-corrected chi connectivity index (χ2v) is 5.46. The van der Waals surface area contributed by atoms with Gasteiger partial charge in [-0.25, -0.2) is 0 Å². The molecule has 2 aromatic carbocycles. The highest BCUT2D eigenvalue weighted by Crippen LogP contribution is 2.25. The maximum absolute atomic E-state index is 5.35. The number of hydrogen-bond acceptors (Lipinski definition) is 2. The van der Waals surface area contributed by atoms with Gasteiger partial charge in [-0.15, -0.1) is 0 Å². The monoisotopic (exact) mass is 283 g/mol. The van der Waals surface area contributed by atoms with Crippen LogP contribution >= 0.6 is 0 Å². The summed E-state index contributed by atoms with van der Waals surface area (Å²) in [6.45, 7) is 7.48. The number of likely N-dealkylation sites (N-methyl/N-ethyl adjacent to an activating group) is 1. The lowest BCUT2D eigenvalue weighted by atomic mass is 9.93. The smallest absolute Gasteiger partial charge is 0.119 e. The molecule has 2 aromatic rings. The molecule has 0 aromatic heterocycles. The Hall–Kier alpha value is -1.80. The summed E-state index contributed by atoms with van der Waals surface area (Å²) in [5.41, 5.74) is 5.44. The highest BCUT2D eigenvalue weighted by Gasteiger charge is 2.14. The van der Waals surface area contributed by atoms with E-state index in [1.807, 2.05) is 6.07 Å². The zero-order chi connectivity index (χ0) is 15.2. The lowest BCUT2D eigenvalue weighted by Gasteiger charge is -2.21. The van der Waals surface area contributed by atoms with Crippen LogP contribution in [-0.2, 0) is 6.42 Å². The van der Waals surface area contributed by atoms with Gasteiger partial charge >= 0.3 is 0 Å². The van der Waals surface area contributed by atoms with Crippen LogP contribution in [0.1, 0.15) is 35.2 Å². The van der Waals surface area contributed by atoms with Gasteiger partial charge in [0.2, 0.25) is 0 Å². The van der Waals surface area contributed by atoms with Gasteiger partial charge in [-0.2, -0.15) is 0 Å². The Labute approximate surface area is 128 Å². The predicted molar refractivity (Wildman–Crippen MR) is 89.0 cm³/mol. The van der Waals surface area contributed by atoms with E-state index >= 15 is 0 Å². The normalized spacial score (nSPS) is 12.2. The van der Waals surface area contributed by atoms with E-state index in [1.54, 1.807) is 7.11 Å². The summed E-state index contributed by atoms with van der Waals surface area (Å²) in [7, 11) is 1.72. The fourth-order valence-electron chi connectivity index (χ4n) is 2.79. The van der Waals surface area contributed by atoms with E-state index in [4.69, 9.17) is 4.74 Å². The van der Waals surface area contributed by atoms with Crippen molar-refractivity contribution in [1.82, 2.24) is 5.32 Å².